The van der Waals surface area contributed by atoms with Gasteiger partial charge in [-0.15, -0.1) is 0 Å². The van der Waals surface area contributed by atoms with Gasteiger partial charge in [-0.25, -0.2) is 4.79 Å². The molecule has 1 aromatic carbocycles. The van der Waals surface area contributed by atoms with Crippen LogP contribution in [0.5, 0.6) is 11.5 Å². The van der Waals surface area contributed by atoms with Crippen molar-refractivity contribution in [2.45, 2.75) is 6.54 Å². The van der Waals surface area contributed by atoms with Crippen LogP contribution in [0.25, 0.3) is 11.3 Å². The number of urea groups is 1. The number of carbonyl (C=O) groups is 1. The first kappa shape index (κ1) is 18.2. The molecule has 3 rings (SSSR count). The van der Waals surface area contributed by atoms with Crippen molar-refractivity contribution in [3.63, 3.8) is 0 Å². The summed E-state index contributed by atoms with van der Waals surface area (Å²) in [6, 6.07) is 12.5. The molecule has 2 amide bonds. The lowest BCUT2D eigenvalue weighted by molar-refractivity contribution is 0.251. The van der Waals surface area contributed by atoms with E-state index in [9.17, 15) is 4.79 Å². The number of nitrogens with one attached hydrogen (secondary N) is 2. The molecule has 0 aliphatic rings. The van der Waals surface area contributed by atoms with Crippen LogP contribution in [0.15, 0.2) is 61.1 Å². The molecule has 0 spiro atoms. The highest BCUT2D eigenvalue weighted by atomic mass is 16.5. The summed E-state index contributed by atoms with van der Waals surface area (Å²) in [5.41, 5.74) is 3.18. The van der Waals surface area contributed by atoms with Crippen LogP contribution in [0.4, 0.5) is 10.5 Å². The van der Waals surface area contributed by atoms with Gasteiger partial charge in [0.05, 0.1) is 25.6 Å². The molecule has 2 heterocycles. The van der Waals surface area contributed by atoms with Crippen molar-refractivity contribution in [3.8, 4) is 22.8 Å². The number of para-hydroxylation sites is 1. The van der Waals surface area contributed by atoms with Crippen molar-refractivity contribution in [1.29, 1.82) is 0 Å². The Morgan fingerprint density at radius 3 is 2.70 bits per heavy atom. The smallest absolute Gasteiger partial charge is 0.319 e. The van der Waals surface area contributed by atoms with Gasteiger partial charge in [0, 0.05) is 30.7 Å². The molecule has 0 saturated carbocycles. The van der Waals surface area contributed by atoms with Crippen molar-refractivity contribution in [3.05, 3.63) is 66.6 Å². The number of methoxy groups -OCH3 is 2. The molecule has 0 unspecified atom stereocenters. The third-order valence-electron chi connectivity index (χ3n) is 3.89. The highest BCUT2D eigenvalue weighted by molar-refractivity contribution is 5.91. The van der Waals surface area contributed by atoms with E-state index in [1.807, 2.05) is 24.3 Å². The van der Waals surface area contributed by atoms with Gasteiger partial charge in [-0.2, -0.15) is 0 Å². The van der Waals surface area contributed by atoms with Gasteiger partial charge in [-0.05, 0) is 42.0 Å². The third-order valence-corrected chi connectivity index (χ3v) is 3.89. The number of benzene rings is 1. The maximum absolute atomic E-state index is 12.3. The maximum Gasteiger partial charge on any atom is 0.319 e. The second-order valence-corrected chi connectivity index (χ2v) is 5.64. The summed E-state index contributed by atoms with van der Waals surface area (Å²) in [7, 11) is 3.07. The first-order chi connectivity index (χ1) is 13.2. The molecule has 2 aromatic heterocycles. The molecule has 0 aliphatic heterocycles. The Labute approximate surface area is 157 Å². The Hall–Kier alpha value is -3.61. The van der Waals surface area contributed by atoms with Crippen molar-refractivity contribution >= 4 is 11.7 Å². The first-order valence-electron chi connectivity index (χ1n) is 8.32. The Bertz CT molecular complexity index is 916. The summed E-state index contributed by atoms with van der Waals surface area (Å²) in [5.74, 6) is 1.02. The fourth-order valence-electron chi connectivity index (χ4n) is 2.59. The fraction of sp³-hybridized carbons (Fsp3) is 0.150. The summed E-state index contributed by atoms with van der Waals surface area (Å²) in [4.78, 5) is 20.7. The Balaban J connectivity index is 1.65. The van der Waals surface area contributed by atoms with Crippen LogP contribution in [-0.4, -0.2) is 30.2 Å². The van der Waals surface area contributed by atoms with Crippen molar-refractivity contribution < 1.29 is 14.3 Å². The molecule has 3 aromatic rings. The van der Waals surface area contributed by atoms with E-state index in [0.717, 1.165) is 16.8 Å². The predicted octanol–water partition coefficient (Wildman–Crippen LogP) is 3.48. The second kappa shape index (κ2) is 8.66. The van der Waals surface area contributed by atoms with Gasteiger partial charge in [0.15, 0.2) is 11.5 Å². The molecule has 2 N–H and O–H groups in total. The molecule has 138 valence electrons. The first-order valence-corrected chi connectivity index (χ1v) is 8.32. The van der Waals surface area contributed by atoms with Crippen LogP contribution in [0, 0.1) is 0 Å². The lowest BCUT2D eigenvalue weighted by Crippen LogP contribution is -2.28. The van der Waals surface area contributed by atoms with Crippen LogP contribution < -0.4 is 20.1 Å². The van der Waals surface area contributed by atoms with E-state index in [-0.39, 0.29) is 6.03 Å². The van der Waals surface area contributed by atoms with Gasteiger partial charge in [0.1, 0.15) is 0 Å². The van der Waals surface area contributed by atoms with Crippen molar-refractivity contribution in [1.82, 2.24) is 15.3 Å². The standard InChI is InChI=1S/C20H20N4O3/c1-26-18-7-3-6-16(19(18)27-2)24-20(25)23-12-14-8-10-22-17(11-14)15-5-4-9-21-13-15/h3-11,13H,12H2,1-2H3,(H2,23,24,25). The molecular weight excluding hydrogens is 344 g/mol. The summed E-state index contributed by atoms with van der Waals surface area (Å²) in [6.07, 6.45) is 5.18. The molecule has 0 aliphatic carbocycles. The summed E-state index contributed by atoms with van der Waals surface area (Å²) in [6.45, 7) is 0.355. The number of hydrogen-bond acceptors (Lipinski definition) is 5. The predicted molar refractivity (Wildman–Crippen MR) is 103 cm³/mol. The third kappa shape index (κ3) is 4.52. The highest BCUT2D eigenvalue weighted by Crippen LogP contribution is 2.34. The zero-order valence-corrected chi connectivity index (χ0v) is 15.1. The number of amides is 2. The minimum absolute atomic E-state index is 0.346. The number of pyridine rings is 2. The van der Waals surface area contributed by atoms with Gasteiger partial charge in [-0.3, -0.25) is 9.97 Å². The number of hydrogen-bond donors (Lipinski definition) is 2. The molecule has 27 heavy (non-hydrogen) atoms. The number of rotatable bonds is 6. The Morgan fingerprint density at radius 1 is 1.07 bits per heavy atom. The summed E-state index contributed by atoms with van der Waals surface area (Å²) >= 11 is 0. The molecule has 0 radical (unpaired) electrons. The SMILES string of the molecule is COc1cccc(NC(=O)NCc2ccnc(-c3cccnc3)c2)c1OC. The number of nitrogens with zero attached hydrogens (tertiary/aromatic N) is 2. The maximum atomic E-state index is 12.3. The molecule has 0 saturated heterocycles. The van der Waals surface area contributed by atoms with E-state index in [4.69, 9.17) is 9.47 Å². The largest absolute Gasteiger partial charge is 0.493 e. The van der Waals surface area contributed by atoms with E-state index in [0.29, 0.717) is 23.7 Å². The van der Waals surface area contributed by atoms with Gasteiger partial charge in [0.25, 0.3) is 0 Å². The number of anilines is 1. The van der Waals surface area contributed by atoms with Crippen LogP contribution >= 0.6 is 0 Å². The van der Waals surface area contributed by atoms with Crippen LogP contribution in [-0.2, 0) is 6.54 Å². The topological polar surface area (TPSA) is 85.4 Å². The Kier molecular flexibility index (Phi) is 5.84. The van der Waals surface area contributed by atoms with E-state index in [1.54, 1.807) is 43.9 Å². The van der Waals surface area contributed by atoms with Crippen molar-refractivity contribution in [2.24, 2.45) is 0 Å². The average molecular weight is 364 g/mol. The lowest BCUT2D eigenvalue weighted by Gasteiger charge is -2.14. The quantitative estimate of drug-likeness (QED) is 0.699. The number of carbonyl (C=O) groups excluding carboxylic acids is 1. The highest BCUT2D eigenvalue weighted by Gasteiger charge is 2.12. The zero-order chi connectivity index (χ0) is 19.1. The van der Waals surface area contributed by atoms with E-state index < -0.39 is 0 Å². The van der Waals surface area contributed by atoms with E-state index >= 15 is 0 Å². The van der Waals surface area contributed by atoms with Crippen LogP contribution in [0.2, 0.25) is 0 Å². The average Bonchev–Trinajstić information content (AvgIpc) is 2.73. The zero-order valence-electron chi connectivity index (χ0n) is 15.1. The van der Waals surface area contributed by atoms with Gasteiger partial charge in [0.2, 0.25) is 0 Å². The van der Waals surface area contributed by atoms with Gasteiger partial charge in [-0.1, -0.05) is 6.07 Å². The lowest BCUT2D eigenvalue weighted by atomic mass is 10.1. The van der Waals surface area contributed by atoms with Gasteiger partial charge >= 0.3 is 6.03 Å². The fourth-order valence-corrected chi connectivity index (χ4v) is 2.59. The molecule has 0 fully saturated rings. The van der Waals surface area contributed by atoms with Crippen molar-refractivity contribution in [2.75, 3.05) is 19.5 Å². The number of aromatic nitrogens is 2. The molecule has 7 heteroatoms. The van der Waals surface area contributed by atoms with Gasteiger partial charge < -0.3 is 20.1 Å². The van der Waals surface area contributed by atoms with E-state index in [2.05, 4.69) is 20.6 Å². The summed E-state index contributed by atoms with van der Waals surface area (Å²) < 4.78 is 10.5. The second-order valence-electron chi connectivity index (χ2n) is 5.64. The minimum Gasteiger partial charge on any atom is -0.493 e. The monoisotopic (exact) mass is 364 g/mol. The molecule has 0 bridgehead atoms. The van der Waals surface area contributed by atoms with Crippen LogP contribution in [0.3, 0.4) is 0 Å². The minimum atomic E-state index is -0.346. The van der Waals surface area contributed by atoms with Crippen LogP contribution in [0.1, 0.15) is 5.56 Å². The summed E-state index contributed by atoms with van der Waals surface area (Å²) in [5, 5.41) is 5.60. The molecule has 0 atom stereocenters. The van der Waals surface area contributed by atoms with E-state index in [1.165, 1.54) is 7.11 Å². The molecule has 7 nitrogen and oxygen atoms in total. The number of ether oxygens (including phenoxy) is 2. The normalized spacial score (nSPS) is 10.1. The molecular formula is C20H20N4O3. The Morgan fingerprint density at radius 2 is 1.96 bits per heavy atom.